The van der Waals surface area contributed by atoms with Gasteiger partial charge in [-0.25, -0.2) is 0 Å². The first-order valence-electron chi connectivity index (χ1n) is 6.64. The Kier molecular flexibility index (Phi) is 9.09. The predicted octanol–water partition coefficient (Wildman–Crippen LogP) is 1.68. The molecule has 17 heavy (non-hydrogen) atoms. The molecule has 0 radical (unpaired) electrons. The van der Waals surface area contributed by atoms with Gasteiger partial charge in [0.25, 0.3) is 0 Å². The monoisotopic (exact) mass is 244 g/mol. The Labute approximate surface area is 105 Å². The Morgan fingerprint density at radius 3 is 2.47 bits per heavy atom. The van der Waals surface area contributed by atoms with E-state index in [0.29, 0.717) is 25.5 Å². The minimum absolute atomic E-state index is 0.0321. The first kappa shape index (κ1) is 16.4. The van der Waals surface area contributed by atoms with E-state index in [1.807, 2.05) is 13.8 Å². The predicted molar refractivity (Wildman–Crippen MR) is 70.8 cm³/mol. The van der Waals surface area contributed by atoms with E-state index in [9.17, 15) is 4.79 Å². The molecular formula is C13H28N2O2. The van der Waals surface area contributed by atoms with Gasteiger partial charge in [-0.1, -0.05) is 20.3 Å². The summed E-state index contributed by atoms with van der Waals surface area (Å²) in [5.41, 5.74) is 5.54. The highest BCUT2D eigenvalue weighted by atomic mass is 16.5. The van der Waals surface area contributed by atoms with Crippen LogP contribution < -0.4 is 11.1 Å². The molecule has 0 saturated heterocycles. The van der Waals surface area contributed by atoms with E-state index in [2.05, 4.69) is 19.2 Å². The molecule has 3 atom stereocenters. The quantitative estimate of drug-likeness (QED) is 0.648. The van der Waals surface area contributed by atoms with Crippen LogP contribution in [0.25, 0.3) is 0 Å². The minimum Gasteiger partial charge on any atom is -0.377 e. The van der Waals surface area contributed by atoms with Crippen LogP contribution in [0.1, 0.15) is 47.0 Å². The molecule has 0 bridgehead atoms. The van der Waals surface area contributed by atoms with Gasteiger partial charge in [0.2, 0.25) is 5.91 Å². The van der Waals surface area contributed by atoms with Gasteiger partial charge in [0, 0.05) is 19.2 Å². The molecule has 0 spiro atoms. The van der Waals surface area contributed by atoms with Crippen molar-refractivity contribution in [2.45, 2.75) is 59.1 Å². The summed E-state index contributed by atoms with van der Waals surface area (Å²) in [5, 5.41) is 2.99. The SMILES string of the molecule is CCOC(CN)CC(=O)NC(C)CC(C)CC. The Bertz CT molecular complexity index is 210. The van der Waals surface area contributed by atoms with E-state index < -0.39 is 0 Å². The molecule has 4 heteroatoms. The van der Waals surface area contributed by atoms with Gasteiger partial charge < -0.3 is 15.8 Å². The Morgan fingerprint density at radius 2 is 2.00 bits per heavy atom. The van der Waals surface area contributed by atoms with E-state index in [1.165, 1.54) is 0 Å². The molecule has 1 amide bonds. The number of nitrogens with two attached hydrogens (primary N) is 1. The summed E-state index contributed by atoms with van der Waals surface area (Å²) in [6.45, 7) is 9.30. The normalized spacial score (nSPS) is 16.3. The second-order valence-corrected chi connectivity index (χ2v) is 4.73. The van der Waals surface area contributed by atoms with Crippen molar-refractivity contribution in [2.24, 2.45) is 11.7 Å². The van der Waals surface area contributed by atoms with Crippen molar-refractivity contribution in [3.8, 4) is 0 Å². The van der Waals surface area contributed by atoms with Crippen LogP contribution in [0.3, 0.4) is 0 Å². The fourth-order valence-electron chi connectivity index (χ4n) is 1.82. The summed E-state index contributed by atoms with van der Waals surface area (Å²) in [6, 6.07) is 0.220. The number of ether oxygens (including phenoxy) is 1. The topological polar surface area (TPSA) is 64.3 Å². The van der Waals surface area contributed by atoms with Crippen LogP contribution in [-0.4, -0.2) is 31.2 Å². The number of amides is 1. The van der Waals surface area contributed by atoms with Crippen LogP contribution in [0.4, 0.5) is 0 Å². The number of rotatable bonds is 9. The van der Waals surface area contributed by atoms with E-state index in [1.54, 1.807) is 0 Å². The zero-order valence-electron chi connectivity index (χ0n) is 11.7. The molecule has 0 aliphatic rings. The maximum Gasteiger partial charge on any atom is 0.222 e. The standard InChI is InChI=1S/C13H28N2O2/c1-5-10(3)7-11(4)15-13(16)8-12(9-14)17-6-2/h10-12H,5-9,14H2,1-4H3,(H,15,16). The lowest BCUT2D eigenvalue weighted by Gasteiger charge is -2.19. The highest BCUT2D eigenvalue weighted by Gasteiger charge is 2.15. The van der Waals surface area contributed by atoms with Gasteiger partial charge in [-0.05, 0) is 26.2 Å². The molecule has 0 fully saturated rings. The summed E-state index contributed by atoms with van der Waals surface area (Å²) in [7, 11) is 0. The zero-order chi connectivity index (χ0) is 13.3. The molecular weight excluding hydrogens is 216 g/mol. The number of hydrogen-bond acceptors (Lipinski definition) is 3. The Hall–Kier alpha value is -0.610. The maximum absolute atomic E-state index is 11.7. The molecule has 0 aromatic rings. The second kappa shape index (κ2) is 9.42. The van der Waals surface area contributed by atoms with Crippen molar-refractivity contribution in [1.82, 2.24) is 5.32 Å². The average molecular weight is 244 g/mol. The van der Waals surface area contributed by atoms with Crippen LogP contribution in [-0.2, 0) is 9.53 Å². The van der Waals surface area contributed by atoms with Gasteiger partial charge in [0.1, 0.15) is 0 Å². The van der Waals surface area contributed by atoms with E-state index >= 15 is 0 Å². The van der Waals surface area contributed by atoms with Crippen molar-refractivity contribution < 1.29 is 9.53 Å². The van der Waals surface area contributed by atoms with Crippen LogP contribution in [0, 0.1) is 5.92 Å². The average Bonchev–Trinajstić information content (AvgIpc) is 2.27. The van der Waals surface area contributed by atoms with Crippen molar-refractivity contribution in [3.05, 3.63) is 0 Å². The van der Waals surface area contributed by atoms with Crippen molar-refractivity contribution in [3.63, 3.8) is 0 Å². The fraction of sp³-hybridized carbons (Fsp3) is 0.923. The number of nitrogens with one attached hydrogen (secondary N) is 1. The van der Waals surface area contributed by atoms with Gasteiger partial charge in [-0.3, -0.25) is 4.79 Å². The minimum atomic E-state index is -0.157. The molecule has 0 saturated carbocycles. The second-order valence-electron chi connectivity index (χ2n) is 4.73. The van der Waals surface area contributed by atoms with Crippen LogP contribution in [0.15, 0.2) is 0 Å². The molecule has 3 unspecified atom stereocenters. The Morgan fingerprint density at radius 1 is 1.35 bits per heavy atom. The fourth-order valence-corrected chi connectivity index (χ4v) is 1.82. The number of carbonyl (C=O) groups excluding carboxylic acids is 1. The van der Waals surface area contributed by atoms with Gasteiger partial charge >= 0.3 is 0 Å². The van der Waals surface area contributed by atoms with Crippen molar-refractivity contribution in [1.29, 1.82) is 0 Å². The zero-order valence-corrected chi connectivity index (χ0v) is 11.7. The molecule has 0 rings (SSSR count). The summed E-state index contributed by atoms with van der Waals surface area (Å²) in [4.78, 5) is 11.7. The molecule has 0 aromatic heterocycles. The summed E-state index contributed by atoms with van der Waals surface area (Å²) in [5.74, 6) is 0.673. The molecule has 4 nitrogen and oxygen atoms in total. The van der Waals surface area contributed by atoms with Crippen molar-refractivity contribution in [2.75, 3.05) is 13.2 Å². The summed E-state index contributed by atoms with van der Waals surface area (Å²) in [6.07, 6.45) is 2.36. The lowest BCUT2D eigenvalue weighted by Crippen LogP contribution is -2.38. The third-order valence-corrected chi connectivity index (χ3v) is 2.94. The number of hydrogen-bond donors (Lipinski definition) is 2. The highest BCUT2D eigenvalue weighted by Crippen LogP contribution is 2.09. The molecule has 0 aromatic carbocycles. The lowest BCUT2D eigenvalue weighted by atomic mass is 10.0. The van der Waals surface area contributed by atoms with E-state index in [4.69, 9.17) is 10.5 Å². The summed E-state index contributed by atoms with van der Waals surface area (Å²) < 4.78 is 5.36. The first-order chi connectivity index (χ1) is 8.03. The largest absolute Gasteiger partial charge is 0.377 e. The van der Waals surface area contributed by atoms with Gasteiger partial charge in [-0.2, -0.15) is 0 Å². The van der Waals surface area contributed by atoms with Crippen LogP contribution in [0.2, 0.25) is 0 Å². The van der Waals surface area contributed by atoms with Gasteiger partial charge in [0.05, 0.1) is 12.5 Å². The van der Waals surface area contributed by atoms with Gasteiger partial charge in [0.15, 0.2) is 0 Å². The maximum atomic E-state index is 11.7. The Balaban J connectivity index is 3.90. The smallest absolute Gasteiger partial charge is 0.222 e. The molecule has 102 valence electrons. The van der Waals surface area contributed by atoms with Crippen LogP contribution >= 0.6 is 0 Å². The van der Waals surface area contributed by atoms with Crippen molar-refractivity contribution >= 4 is 5.91 Å². The third-order valence-electron chi connectivity index (χ3n) is 2.94. The molecule has 3 N–H and O–H groups in total. The highest BCUT2D eigenvalue weighted by molar-refractivity contribution is 5.76. The lowest BCUT2D eigenvalue weighted by molar-refractivity contribution is -0.124. The third kappa shape index (κ3) is 8.16. The van der Waals surface area contributed by atoms with Gasteiger partial charge in [-0.15, -0.1) is 0 Å². The molecule has 0 aliphatic heterocycles. The summed E-state index contributed by atoms with van der Waals surface area (Å²) >= 11 is 0. The van der Waals surface area contributed by atoms with Crippen LogP contribution in [0.5, 0.6) is 0 Å². The van der Waals surface area contributed by atoms with E-state index in [-0.39, 0.29) is 18.1 Å². The molecule has 0 aliphatic carbocycles. The number of carbonyl (C=O) groups is 1. The van der Waals surface area contributed by atoms with E-state index in [0.717, 1.165) is 12.8 Å². The first-order valence-corrected chi connectivity index (χ1v) is 6.64. The molecule has 0 heterocycles.